The number of aromatic nitrogens is 4. The predicted octanol–water partition coefficient (Wildman–Crippen LogP) is 3.44. The number of carbonyl (C=O) groups is 2. The number of ether oxygens (including phenoxy) is 1. The molecule has 1 atom stereocenters. The highest BCUT2D eigenvalue weighted by atomic mass is 16.5. The van der Waals surface area contributed by atoms with E-state index in [1.807, 2.05) is 12.1 Å². The summed E-state index contributed by atoms with van der Waals surface area (Å²) >= 11 is 0. The number of para-hydroxylation sites is 1. The van der Waals surface area contributed by atoms with Gasteiger partial charge in [0.25, 0.3) is 0 Å². The van der Waals surface area contributed by atoms with Crippen molar-refractivity contribution < 1.29 is 14.3 Å². The van der Waals surface area contributed by atoms with Crippen LogP contribution in [0.25, 0.3) is 5.69 Å². The van der Waals surface area contributed by atoms with Gasteiger partial charge in [-0.05, 0) is 22.6 Å². The zero-order valence-corrected chi connectivity index (χ0v) is 15.3. The van der Waals surface area contributed by atoms with Crippen LogP contribution in [0, 0.1) is 0 Å². The Balaban J connectivity index is 1.69. The largest absolute Gasteiger partial charge is 0.445 e. The molecule has 142 valence electrons. The van der Waals surface area contributed by atoms with E-state index in [1.165, 1.54) is 11.0 Å². The van der Waals surface area contributed by atoms with Gasteiger partial charge in [0.15, 0.2) is 6.10 Å². The maximum absolute atomic E-state index is 13.1. The van der Waals surface area contributed by atoms with Gasteiger partial charge in [0.2, 0.25) is 5.78 Å². The number of tetrazole rings is 1. The first-order chi connectivity index (χ1) is 14.2. The van der Waals surface area contributed by atoms with Crippen LogP contribution in [-0.2, 0) is 4.74 Å². The van der Waals surface area contributed by atoms with E-state index in [-0.39, 0.29) is 11.3 Å². The van der Waals surface area contributed by atoms with Crippen molar-refractivity contribution in [3.63, 3.8) is 0 Å². The molecular weight excluding hydrogens is 368 g/mol. The maximum atomic E-state index is 13.1. The van der Waals surface area contributed by atoms with Crippen molar-refractivity contribution in [2.24, 2.45) is 0 Å². The number of carbonyl (C=O) groups excluding carboxylic acids is 2. The van der Waals surface area contributed by atoms with E-state index in [4.69, 9.17) is 4.74 Å². The van der Waals surface area contributed by atoms with Crippen LogP contribution in [0.2, 0.25) is 0 Å². The average molecular weight is 384 g/mol. The third-order valence-corrected chi connectivity index (χ3v) is 4.34. The number of Topliss-reactive ketones (excluding diaryl/α,β-unsaturated/α-hetero) is 1. The van der Waals surface area contributed by atoms with Gasteiger partial charge in [-0.2, -0.15) is 4.68 Å². The third-order valence-electron chi connectivity index (χ3n) is 4.34. The Labute approximate surface area is 166 Å². The second-order valence-electron chi connectivity index (χ2n) is 6.20. The van der Waals surface area contributed by atoms with Gasteiger partial charge >= 0.3 is 5.97 Å². The summed E-state index contributed by atoms with van der Waals surface area (Å²) in [7, 11) is 0. The first-order valence-corrected chi connectivity index (χ1v) is 8.91. The summed E-state index contributed by atoms with van der Waals surface area (Å²) in [6.45, 7) is 0. The van der Waals surface area contributed by atoms with E-state index >= 15 is 0 Å². The van der Waals surface area contributed by atoms with Crippen molar-refractivity contribution in [3.8, 4) is 5.69 Å². The summed E-state index contributed by atoms with van der Waals surface area (Å²) in [5.74, 6) is -0.945. The zero-order chi connectivity index (χ0) is 20.1. The number of hydrogen-bond acceptors (Lipinski definition) is 6. The van der Waals surface area contributed by atoms with Crippen molar-refractivity contribution in [1.29, 1.82) is 0 Å². The second kappa shape index (κ2) is 8.26. The second-order valence-corrected chi connectivity index (χ2v) is 6.20. The minimum absolute atomic E-state index is 0.251. The van der Waals surface area contributed by atoms with Crippen LogP contribution < -0.4 is 0 Å². The van der Waals surface area contributed by atoms with Crippen LogP contribution in [0.3, 0.4) is 0 Å². The lowest BCUT2D eigenvalue weighted by Crippen LogP contribution is -2.21. The van der Waals surface area contributed by atoms with E-state index in [9.17, 15) is 9.59 Å². The van der Waals surface area contributed by atoms with Crippen LogP contribution >= 0.6 is 0 Å². The van der Waals surface area contributed by atoms with Crippen LogP contribution in [-0.4, -0.2) is 32.0 Å². The Morgan fingerprint density at radius 3 is 2.17 bits per heavy atom. The van der Waals surface area contributed by atoms with Crippen LogP contribution in [0.15, 0.2) is 91.3 Å². The van der Waals surface area contributed by atoms with E-state index < -0.39 is 12.1 Å². The Kier molecular flexibility index (Phi) is 5.20. The normalized spacial score (nSPS) is 11.6. The number of hydrogen-bond donors (Lipinski definition) is 0. The Hall–Kier alpha value is -4.13. The molecular formula is C22H16N4O3. The lowest BCUT2D eigenvalue weighted by molar-refractivity contribution is 0.0280. The van der Waals surface area contributed by atoms with Gasteiger partial charge in [-0.15, -0.1) is 5.10 Å². The van der Waals surface area contributed by atoms with Crippen molar-refractivity contribution in [2.45, 2.75) is 6.10 Å². The first kappa shape index (κ1) is 18.2. The third kappa shape index (κ3) is 3.93. The quantitative estimate of drug-likeness (QED) is 0.374. The highest BCUT2D eigenvalue weighted by molar-refractivity contribution is 6.02. The van der Waals surface area contributed by atoms with Gasteiger partial charge in [-0.1, -0.05) is 72.8 Å². The van der Waals surface area contributed by atoms with Gasteiger partial charge in [-0.3, -0.25) is 4.79 Å². The molecule has 0 spiro atoms. The molecule has 1 heterocycles. The van der Waals surface area contributed by atoms with Crippen molar-refractivity contribution in [2.75, 3.05) is 0 Å². The minimum Gasteiger partial charge on any atom is -0.445 e. The highest BCUT2D eigenvalue weighted by Crippen LogP contribution is 2.25. The molecule has 3 aromatic carbocycles. The first-order valence-electron chi connectivity index (χ1n) is 8.91. The Morgan fingerprint density at radius 2 is 1.48 bits per heavy atom. The molecule has 29 heavy (non-hydrogen) atoms. The van der Waals surface area contributed by atoms with Gasteiger partial charge in [0, 0.05) is 11.1 Å². The Morgan fingerprint density at radius 1 is 0.828 bits per heavy atom. The fourth-order valence-corrected chi connectivity index (χ4v) is 2.94. The molecule has 0 aliphatic heterocycles. The van der Waals surface area contributed by atoms with Gasteiger partial charge in [0.05, 0.1) is 11.3 Å². The summed E-state index contributed by atoms with van der Waals surface area (Å²) in [5, 5.41) is 11.0. The monoisotopic (exact) mass is 384 g/mol. The molecule has 0 saturated heterocycles. The lowest BCUT2D eigenvalue weighted by atomic mass is 9.99. The van der Waals surface area contributed by atoms with Crippen molar-refractivity contribution >= 4 is 11.8 Å². The minimum atomic E-state index is -1.08. The van der Waals surface area contributed by atoms with Gasteiger partial charge in [0.1, 0.15) is 6.33 Å². The van der Waals surface area contributed by atoms with Crippen LogP contribution in [0.4, 0.5) is 0 Å². The topological polar surface area (TPSA) is 87.0 Å². The van der Waals surface area contributed by atoms with Crippen molar-refractivity contribution in [1.82, 2.24) is 20.2 Å². The van der Waals surface area contributed by atoms with Gasteiger partial charge < -0.3 is 4.74 Å². The molecule has 0 fully saturated rings. The molecule has 1 aromatic heterocycles. The number of nitrogens with zero attached hydrogens (tertiary/aromatic N) is 4. The van der Waals surface area contributed by atoms with E-state index in [0.29, 0.717) is 16.8 Å². The molecule has 0 N–H and O–H groups in total. The lowest BCUT2D eigenvalue weighted by Gasteiger charge is -2.18. The summed E-state index contributed by atoms with van der Waals surface area (Å²) < 4.78 is 7.08. The van der Waals surface area contributed by atoms with E-state index in [2.05, 4.69) is 15.5 Å². The molecule has 0 bridgehead atoms. The molecule has 7 nitrogen and oxygen atoms in total. The fourth-order valence-electron chi connectivity index (χ4n) is 2.94. The summed E-state index contributed by atoms with van der Waals surface area (Å²) in [6, 6.07) is 24.5. The maximum Gasteiger partial charge on any atom is 0.341 e. The number of esters is 1. The number of benzene rings is 3. The molecule has 0 amide bonds. The predicted molar refractivity (Wildman–Crippen MR) is 105 cm³/mol. The molecule has 0 aliphatic carbocycles. The SMILES string of the molecule is O=C(OC(C(=O)c1ccccc1)c1ccccc1)c1ccccc1-n1cnnn1. The number of ketones is 1. The molecule has 0 saturated carbocycles. The summed E-state index contributed by atoms with van der Waals surface area (Å²) in [5.41, 5.74) is 1.76. The standard InChI is InChI=1S/C22H16N4O3/c27-20(16-9-3-1-4-10-16)21(17-11-5-2-6-12-17)29-22(28)18-13-7-8-14-19(18)26-15-23-24-25-26/h1-15,21H. The molecule has 0 aliphatic rings. The fraction of sp³-hybridized carbons (Fsp3) is 0.0455. The highest BCUT2D eigenvalue weighted by Gasteiger charge is 2.27. The molecule has 1 unspecified atom stereocenters. The van der Waals surface area contributed by atoms with Gasteiger partial charge in [-0.25, -0.2) is 4.79 Å². The van der Waals surface area contributed by atoms with Crippen LogP contribution in [0.5, 0.6) is 0 Å². The van der Waals surface area contributed by atoms with Crippen molar-refractivity contribution in [3.05, 3.63) is 108 Å². The summed E-state index contributed by atoms with van der Waals surface area (Å²) in [4.78, 5) is 26.1. The number of rotatable bonds is 6. The Bertz CT molecular complexity index is 1110. The zero-order valence-electron chi connectivity index (χ0n) is 15.3. The summed E-state index contributed by atoms with van der Waals surface area (Å²) in [6.07, 6.45) is 0.309. The average Bonchev–Trinajstić information content (AvgIpc) is 3.33. The molecule has 4 aromatic rings. The molecule has 4 rings (SSSR count). The van der Waals surface area contributed by atoms with Crippen LogP contribution in [0.1, 0.15) is 32.4 Å². The van der Waals surface area contributed by atoms with E-state index in [1.54, 1.807) is 72.8 Å². The molecule has 7 heteroatoms. The smallest absolute Gasteiger partial charge is 0.341 e. The molecule has 0 radical (unpaired) electrons. The van der Waals surface area contributed by atoms with E-state index in [0.717, 1.165) is 0 Å².